The fourth-order valence-corrected chi connectivity index (χ4v) is 5.32. The highest BCUT2D eigenvalue weighted by Crippen LogP contribution is 2.27. The zero-order chi connectivity index (χ0) is 15.5. The highest BCUT2D eigenvalue weighted by Gasteiger charge is 2.39. The van der Waals surface area contributed by atoms with Crippen molar-refractivity contribution in [1.82, 2.24) is 4.31 Å². The van der Waals surface area contributed by atoms with Crippen LogP contribution in [0.15, 0.2) is 29.2 Å². The second-order valence-electron chi connectivity index (χ2n) is 4.72. The molecule has 1 heterocycles. The molecular weight excluding hydrogens is 310 g/mol. The van der Waals surface area contributed by atoms with Gasteiger partial charge in [0.25, 0.3) is 0 Å². The zero-order valence-corrected chi connectivity index (χ0v) is 13.7. The van der Waals surface area contributed by atoms with Crippen molar-refractivity contribution in [3.63, 3.8) is 0 Å². The van der Waals surface area contributed by atoms with Crippen LogP contribution in [0.25, 0.3) is 0 Å². The third kappa shape index (κ3) is 3.41. The second kappa shape index (κ2) is 6.81. The van der Waals surface area contributed by atoms with Crippen molar-refractivity contribution in [3.8, 4) is 0 Å². The lowest BCUT2D eigenvalue weighted by Gasteiger charge is -2.32. The van der Waals surface area contributed by atoms with E-state index in [1.165, 1.54) is 4.31 Å². The van der Waals surface area contributed by atoms with Gasteiger partial charge in [0.2, 0.25) is 10.0 Å². The quantitative estimate of drug-likeness (QED) is 0.786. The average Bonchev–Trinajstić information content (AvgIpc) is 2.48. The molecule has 0 bridgehead atoms. The smallest absolute Gasteiger partial charge is 0.325 e. The largest absolute Gasteiger partial charge is 0.465 e. The van der Waals surface area contributed by atoms with E-state index in [0.717, 1.165) is 0 Å². The lowest BCUT2D eigenvalue weighted by Crippen LogP contribution is -2.50. The van der Waals surface area contributed by atoms with Crippen LogP contribution in [0.1, 0.15) is 12.5 Å². The van der Waals surface area contributed by atoms with Crippen molar-refractivity contribution in [2.24, 2.45) is 0 Å². The lowest BCUT2D eigenvalue weighted by molar-refractivity contribution is -0.146. The standard InChI is InChI=1S/C14H19NO4S2/c1-3-19-14(16)12-10-20-9-8-15(12)21(17,18)13-7-5-4-6-11(13)2/h4-7,12H,3,8-10H2,1-2H3. The van der Waals surface area contributed by atoms with Crippen molar-refractivity contribution in [2.45, 2.75) is 24.8 Å². The monoisotopic (exact) mass is 329 g/mol. The van der Waals surface area contributed by atoms with Crippen LogP contribution >= 0.6 is 11.8 Å². The predicted octanol–water partition coefficient (Wildman–Crippen LogP) is 1.66. The van der Waals surface area contributed by atoms with Gasteiger partial charge in [-0.2, -0.15) is 16.1 Å². The first-order valence-corrected chi connectivity index (χ1v) is 9.39. The number of aryl methyl sites for hydroxylation is 1. The molecule has 1 unspecified atom stereocenters. The van der Waals surface area contributed by atoms with E-state index in [1.54, 1.807) is 49.9 Å². The maximum Gasteiger partial charge on any atom is 0.325 e. The van der Waals surface area contributed by atoms with Gasteiger partial charge in [0.1, 0.15) is 6.04 Å². The third-order valence-electron chi connectivity index (χ3n) is 3.32. The Kier molecular flexibility index (Phi) is 5.29. The molecule has 0 aliphatic carbocycles. The van der Waals surface area contributed by atoms with Crippen molar-refractivity contribution >= 4 is 27.8 Å². The minimum atomic E-state index is -3.69. The molecule has 0 spiro atoms. The number of rotatable bonds is 4. The minimum Gasteiger partial charge on any atom is -0.465 e. The van der Waals surface area contributed by atoms with Crippen molar-refractivity contribution < 1.29 is 17.9 Å². The van der Waals surface area contributed by atoms with Gasteiger partial charge in [-0.25, -0.2) is 8.42 Å². The molecule has 0 amide bonds. The Labute approximate surface area is 129 Å². The lowest BCUT2D eigenvalue weighted by atomic mass is 10.2. The molecule has 7 heteroatoms. The molecule has 1 saturated heterocycles. The summed E-state index contributed by atoms with van der Waals surface area (Å²) in [5.74, 6) is 0.646. The summed E-state index contributed by atoms with van der Waals surface area (Å²) in [5.41, 5.74) is 0.679. The van der Waals surface area contributed by atoms with Gasteiger partial charge in [0.15, 0.2) is 0 Å². The predicted molar refractivity (Wildman–Crippen MR) is 82.8 cm³/mol. The summed E-state index contributed by atoms with van der Waals surface area (Å²) in [6.07, 6.45) is 0. The summed E-state index contributed by atoms with van der Waals surface area (Å²) in [4.78, 5) is 12.3. The number of thioether (sulfide) groups is 1. The summed E-state index contributed by atoms with van der Waals surface area (Å²) in [5, 5.41) is 0. The van der Waals surface area contributed by atoms with Crippen LogP contribution in [0.5, 0.6) is 0 Å². The summed E-state index contributed by atoms with van der Waals surface area (Å²) in [6.45, 7) is 4.04. The van der Waals surface area contributed by atoms with Gasteiger partial charge >= 0.3 is 5.97 Å². The van der Waals surface area contributed by atoms with E-state index in [1.807, 2.05) is 0 Å². The molecule has 1 aliphatic rings. The van der Waals surface area contributed by atoms with E-state index in [-0.39, 0.29) is 11.5 Å². The van der Waals surface area contributed by atoms with Gasteiger partial charge < -0.3 is 4.74 Å². The number of sulfonamides is 1. The average molecular weight is 329 g/mol. The zero-order valence-electron chi connectivity index (χ0n) is 12.1. The SMILES string of the molecule is CCOC(=O)C1CSCCN1S(=O)(=O)c1ccccc1C. The fraction of sp³-hybridized carbons (Fsp3) is 0.500. The molecule has 0 saturated carbocycles. The third-order valence-corrected chi connectivity index (χ3v) is 6.41. The highest BCUT2D eigenvalue weighted by molar-refractivity contribution is 7.99. The summed E-state index contributed by atoms with van der Waals surface area (Å²) < 4.78 is 32.0. The molecule has 2 rings (SSSR count). The Bertz CT molecular complexity index is 615. The number of benzene rings is 1. The van der Waals surface area contributed by atoms with Crippen LogP contribution in [0.3, 0.4) is 0 Å². The van der Waals surface area contributed by atoms with Crippen LogP contribution in [-0.4, -0.2) is 49.4 Å². The van der Waals surface area contributed by atoms with E-state index in [0.29, 0.717) is 23.6 Å². The molecule has 0 radical (unpaired) electrons. The maximum atomic E-state index is 12.8. The van der Waals surface area contributed by atoms with Crippen molar-refractivity contribution in [2.75, 3.05) is 24.7 Å². The summed E-state index contributed by atoms with van der Waals surface area (Å²) in [6, 6.07) is 6.08. The first-order valence-electron chi connectivity index (χ1n) is 6.80. The molecule has 21 heavy (non-hydrogen) atoms. The Morgan fingerprint density at radius 2 is 2.14 bits per heavy atom. The Morgan fingerprint density at radius 1 is 1.43 bits per heavy atom. The number of nitrogens with zero attached hydrogens (tertiary/aromatic N) is 1. The minimum absolute atomic E-state index is 0.248. The molecule has 1 fully saturated rings. The highest BCUT2D eigenvalue weighted by atomic mass is 32.2. The van der Waals surface area contributed by atoms with Crippen LogP contribution < -0.4 is 0 Å². The van der Waals surface area contributed by atoms with Gasteiger partial charge in [-0.1, -0.05) is 18.2 Å². The summed E-state index contributed by atoms with van der Waals surface area (Å²) in [7, 11) is -3.69. The van der Waals surface area contributed by atoms with Gasteiger partial charge in [-0.15, -0.1) is 0 Å². The fourth-order valence-electron chi connectivity index (χ4n) is 2.27. The van der Waals surface area contributed by atoms with Gasteiger partial charge in [-0.3, -0.25) is 4.79 Å². The first kappa shape index (κ1) is 16.3. The van der Waals surface area contributed by atoms with E-state index in [9.17, 15) is 13.2 Å². The number of carbonyl (C=O) groups excluding carboxylic acids is 1. The van der Waals surface area contributed by atoms with Crippen LogP contribution in [0, 0.1) is 6.92 Å². The topological polar surface area (TPSA) is 63.7 Å². The normalized spacial score (nSPS) is 20.2. The Balaban J connectivity index is 2.36. The molecule has 1 aliphatic heterocycles. The molecule has 1 aromatic rings. The molecule has 5 nitrogen and oxygen atoms in total. The van der Waals surface area contributed by atoms with Crippen LogP contribution in [0.4, 0.5) is 0 Å². The van der Waals surface area contributed by atoms with Crippen molar-refractivity contribution in [3.05, 3.63) is 29.8 Å². The molecule has 116 valence electrons. The van der Waals surface area contributed by atoms with Gasteiger partial charge in [-0.05, 0) is 25.5 Å². The Morgan fingerprint density at radius 3 is 2.81 bits per heavy atom. The number of hydrogen-bond acceptors (Lipinski definition) is 5. The van der Waals surface area contributed by atoms with Gasteiger partial charge in [0, 0.05) is 18.1 Å². The number of hydrogen-bond donors (Lipinski definition) is 0. The van der Waals surface area contributed by atoms with Crippen LogP contribution in [0.2, 0.25) is 0 Å². The van der Waals surface area contributed by atoms with Gasteiger partial charge in [0.05, 0.1) is 11.5 Å². The van der Waals surface area contributed by atoms with E-state index in [4.69, 9.17) is 4.74 Å². The molecule has 1 atom stereocenters. The first-order chi connectivity index (χ1) is 9.98. The molecular formula is C14H19NO4S2. The number of esters is 1. The van der Waals surface area contributed by atoms with E-state index in [2.05, 4.69) is 0 Å². The molecule has 0 N–H and O–H groups in total. The second-order valence-corrected chi connectivity index (χ2v) is 7.73. The van der Waals surface area contributed by atoms with E-state index < -0.39 is 22.0 Å². The van der Waals surface area contributed by atoms with Crippen molar-refractivity contribution in [1.29, 1.82) is 0 Å². The Hall–Kier alpha value is -1.05. The molecule has 0 aromatic heterocycles. The molecule has 1 aromatic carbocycles. The number of carbonyl (C=O) groups is 1. The van der Waals surface area contributed by atoms with Crippen LogP contribution in [-0.2, 0) is 19.6 Å². The number of ether oxygens (including phenoxy) is 1. The maximum absolute atomic E-state index is 12.8. The summed E-state index contributed by atoms with van der Waals surface area (Å²) >= 11 is 1.57. The van der Waals surface area contributed by atoms with E-state index >= 15 is 0 Å².